The van der Waals surface area contributed by atoms with Crippen LogP contribution in [0.2, 0.25) is 0 Å². The minimum Gasteiger partial charge on any atom is -0.379 e. The van der Waals surface area contributed by atoms with Gasteiger partial charge in [0.1, 0.15) is 6.54 Å². The van der Waals surface area contributed by atoms with E-state index in [0.717, 1.165) is 18.7 Å². The molecule has 3 heterocycles. The van der Waals surface area contributed by atoms with Crippen molar-refractivity contribution in [2.24, 2.45) is 0 Å². The molecule has 1 aromatic heterocycles. The largest absolute Gasteiger partial charge is 0.379 e. The first-order valence-electron chi connectivity index (χ1n) is 9.31. The van der Waals surface area contributed by atoms with Gasteiger partial charge in [-0.15, -0.1) is 5.10 Å². The predicted molar refractivity (Wildman–Crippen MR) is 95.9 cm³/mol. The second-order valence-corrected chi connectivity index (χ2v) is 6.65. The van der Waals surface area contributed by atoms with Crippen LogP contribution < -0.4 is 0 Å². The Bertz CT molecular complexity index is 741. The number of carbonyl (C=O) groups is 1. The molecule has 1 amide bonds. The molecule has 2 aliphatic rings. The molecule has 2 saturated heterocycles. The molecule has 1 aromatic carbocycles. The molecule has 0 radical (unpaired) electrons. The van der Waals surface area contributed by atoms with Crippen molar-refractivity contribution in [1.82, 2.24) is 30.0 Å². The summed E-state index contributed by atoms with van der Waals surface area (Å²) >= 11 is 0. The molecule has 9 nitrogen and oxygen atoms in total. The fourth-order valence-corrected chi connectivity index (χ4v) is 3.56. The minimum atomic E-state index is -0.109. The van der Waals surface area contributed by atoms with Crippen LogP contribution in [0.1, 0.15) is 17.4 Å². The first-order valence-corrected chi connectivity index (χ1v) is 9.31. The molecule has 4 rings (SSSR count). The Labute approximate surface area is 157 Å². The number of ether oxygens (including phenoxy) is 2. The summed E-state index contributed by atoms with van der Waals surface area (Å²) in [7, 11) is 0. The van der Waals surface area contributed by atoms with Gasteiger partial charge in [0.15, 0.2) is 5.82 Å². The average Bonchev–Trinajstić information content (AvgIpc) is 3.18. The summed E-state index contributed by atoms with van der Waals surface area (Å²) in [5.41, 5.74) is 1.11. The molecule has 27 heavy (non-hydrogen) atoms. The third-order valence-electron chi connectivity index (χ3n) is 4.98. The van der Waals surface area contributed by atoms with E-state index in [4.69, 9.17) is 9.47 Å². The van der Waals surface area contributed by atoms with Crippen molar-refractivity contribution in [2.45, 2.75) is 12.6 Å². The van der Waals surface area contributed by atoms with Crippen molar-refractivity contribution in [3.8, 4) is 0 Å². The van der Waals surface area contributed by atoms with Gasteiger partial charge in [0.05, 0.1) is 32.5 Å². The van der Waals surface area contributed by atoms with Gasteiger partial charge in [0.25, 0.3) is 0 Å². The van der Waals surface area contributed by atoms with Crippen LogP contribution in [-0.4, -0.2) is 88.5 Å². The SMILES string of the molecule is O=C(Cn1nnnc1[C@H](c1ccccc1)N1CCOCC1)N1CCOCC1. The number of hydrogen-bond donors (Lipinski definition) is 0. The van der Waals surface area contributed by atoms with Gasteiger partial charge in [-0.3, -0.25) is 9.69 Å². The normalized spacial score (nSPS) is 19.8. The molecule has 1 atom stereocenters. The summed E-state index contributed by atoms with van der Waals surface area (Å²) in [6.45, 7) is 5.46. The van der Waals surface area contributed by atoms with Gasteiger partial charge in [-0.05, 0) is 16.0 Å². The second kappa shape index (κ2) is 8.55. The fourth-order valence-electron chi connectivity index (χ4n) is 3.56. The lowest BCUT2D eigenvalue weighted by Gasteiger charge is -2.34. The number of rotatable bonds is 5. The first kappa shape index (κ1) is 18.0. The molecule has 9 heteroatoms. The smallest absolute Gasteiger partial charge is 0.244 e. The van der Waals surface area contributed by atoms with Crippen LogP contribution in [0.25, 0.3) is 0 Å². The quantitative estimate of drug-likeness (QED) is 0.728. The average molecular weight is 372 g/mol. The van der Waals surface area contributed by atoms with Crippen LogP contribution >= 0.6 is 0 Å². The lowest BCUT2D eigenvalue weighted by atomic mass is 10.0. The number of tetrazole rings is 1. The van der Waals surface area contributed by atoms with Crippen LogP contribution in [0.5, 0.6) is 0 Å². The molecular formula is C18H24N6O3. The number of benzene rings is 1. The Morgan fingerprint density at radius 2 is 1.67 bits per heavy atom. The summed E-state index contributed by atoms with van der Waals surface area (Å²) in [4.78, 5) is 16.8. The monoisotopic (exact) mass is 372 g/mol. The van der Waals surface area contributed by atoms with Gasteiger partial charge in [0, 0.05) is 26.2 Å². The molecule has 2 fully saturated rings. The Morgan fingerprint density at radius 1 is 1.00 bits per heavy atom. The van der Waals surface area contributed by atoms with Crippen molar-refractivity contribution in [2.75, 3.05) is 52.6 Å². The second-order valence-electron chi connectivity index (χ2n) is 6.65. The molecule has 0 bridgehead atoms. The van der Waals surface area contributed by atoms with Crippen LogP contribution in [0.3, 0.4) is 0 Å². The van der Waals surface area contributed by atoms with Gasteiger partial charge in [-0.1, -0.05) is 30.3 Å². The Balaban J connectivity index is 1.59. The zero-order valence-corrected chi connectivity index (χ0v) is 15.2. The highest BCUT2D eigenvalue weighted by molar-refractivity contribution is 5.76. The molecule has 0 unspecified atom stereocenters. The maximum atomic E-state index is 12.7. The highest BCUT2D eigenvalue weighted by atomic mass is 16.5. The minimum absolute atomic E-state index is 0.0145. The Morgan fingerprint density at radius 3 is 2.37 bits per heavy atom. The Kier molecular flexibility index (Phi) is 5.71. The summed E-state index contributed by atoms with van der Waals surface area (Å²) in [6, 6.07) is 10.0. The summed E-state index contributed by atoms with van der Waals surface area (Å²) < 4.78 is 12.5. The Hall–Kier alpha value is -2.36. The van der Waals surface area contributed by atoms with E-state index in [1.807, 2.05) is 18.2 Å². The van der Waals surface area contributed by atoms with E-state index in [1.54, 1.807) is 9.58 Å². The van der Waals surface area contributed by atoms with Crippen molar-refractivity contribution in [3.63, 3.8) is 0 Å². The van der Waals surface area contributed by atoms with E-state index < -0.39 is 0 Å². The number of morpholine rings is 2. The third kappa shape index (κ3) is 4.15. The molecule has 2 aromatic rings. The van der Waals surface area contributed by atoms with E-state index in [9.17, 15) is 4.79 Å². The number of carbonyl (C=O) groups excluding carboxylic acids is 1. The summed E-state index contributed by atoms with van der Waals surface area (Å²) in [6.07, 6.45) is 0. The summed E-state index contributed by atoms with van der Waals surface area (Å²) in [5, 5.41) is 12.3. The van der Waals surface area contributed by atoms with Gasteiger partial charge in [-0.25, -0.2) is 4.68 Å². The topological polar surface area (TPSA) is 85.6 Å². The van der Waals surface area contributed by atoms with Crippen molar-refractivity contribution < 1.29 is 14.3 Å². The fraction of sp³-hybridized carbons (Fsp3) is 0.556. The van der Waals surface area contributed by atoms with E-state index in [2.05, 4.69) is 32.6 Å². The van der Waals surface area contributed by atoms with E-state index in [1.165, 1.54) is 0 Å². The molecule has 144 valence electrons. The van der Waals surface area contributed by atoms with Gasteiger partial charge >= 0.3 is 0 Å². The zero-order valence-electron chi connectivity index (χ0n) is 15.2. The van der Waals surface area contributed by atoms with Crippen molar-refractivity contribution in [3.05, 3.63) is 41.7 Å². The van der Waals surface area contributed by atoms with Crippen LogP contribution in [0, 0.1) is 0 Å². The lowest BCUT2D eigenvalue weighted by molar-refractivity contribution is -0.136. The lowest BCUT2D eigenvalue weighted by Crippen LogP contribution is -2.43. The van der Waals surface area contributed by atoms with Crippen LogP contribution in [0.4, 0.5) is 0 Å². The molecule has 0 aliphatic carbocycles. The molecule has 0 spiro atoms. The van der Waals surface area contributed by atoms with Crippen LogP contribution in [-0.2, 0) is 20.8 Å². The molecule has 0 N–H and O–H groups in total. The van der Waals surface area contributed by atoms with Crippen molar-refractivity contribution >= 4 is 5.91 Å². The standard InChI is InChI=1S/C18H24N6O3/c25-16(22-6-10-26-11-7-22)14-24-18(19-20-21-24)17(15-4-2-1-3-5-15)23-8-12-27-13-9-23/h1-5,17H,6-14H2/t17-/m0/s1. The third-order valence-corrected chi connectivity index (χ3v) is 4.98. The zero-order chi connectivity index (χ0) is 18.5. The van der Waals surface area contributed by atoms with Gasteiger partial charge in [0.2, 0.25) is 5.91 Å². The maximum Gasteiger partial charge on any atom is 0.244 e. The van der Waals surface area contributed by atoms with Gasteiger partial charge in [-0.2, -0.15) is 0 Å². The van der Waals surface area contributed by atoms with E-state index in [-0.39, 0.29) is 18.5 Å². The molecule has 0 saturated carbocycles. The number of hydrogen-bond acceptors (Lipinski definition) is 7. The van der Waals surface area contributed by atoms with Crippen molar-refractivity contribution in [1.29, 1.82) is 0 Å². The molecular weight excluding hydrogens is 348 g/mol. The highest BCUT2D eigenvalue weighted by Crippen LogP contribution is 2.27. The number of aromatic nitrogens is 4. The highest BCUT2D eigenvalue weighted by Gasteiger charge is 2.30. The molecule has 2 aliphatic heterocycles. The van der Waals surface area contributed by atoms with Gasteiger partial charge < -0.3 is 14.4 Å². The number of amides is 1. The summed E-state index contributed by atoms with van der Waals surface area (Å²) in [5.74, 6) is 0.699. The first-order chi connectivity index (χ1) is 13.3. The van der Waals surface area contributed by atoms with E-state index in [0.29, 0.717) is 45.3 Å². The van der Waals surface area contributed by atoms with Crippen LogP contribution in [0.15, 0.2) is 30.3 Å². The predicted octanol–water partition coefficient (Wildman–Crippen LogP) is -0.0465. The van der Waals surface area contributed by atoms with E-state index >= 15 is 0 Å². The number of nitrogens with zero attached hydrogens (tertiary/aromatic N) is 6. The maximum absolute atomic E-state index is 12.7.